The Kier molecular flexibility index (Phi) is 2.77. The first-order valence-corrected chi connectivity index (χ1v) is 5.67. The highest BCUT2D eigenvalue weighted by Crippen LogP contribution is 2.39. The van der Waals surface area contributed by atoms with Crippen LogP contribution in [0.2, 0.25) is 0 Å². The molecule has 2 amide bonds. The summed E-state index contributed by atoms with van der Waals surface area (Å²) in [6.45, 7) is 3.68. The second kappa shape index (κ2) is 4.01. The van der Waals surface area contributed by atoms with Crippen molar-refractivity contribution < 1.29 is 14.3 Å². The molecule has 0 atom stereocenters. The third-order valence-corrected chi connectivity index (χ3v) is 3.05. The fraction of sp³-hybridized carbons (Fsp3) is 0.385. The quantitative estimate of drug-likeness (QED) is 0.826. The van der Waals surface area contributed by atoms with E-state index in [1.807, 2.05) is 13.8 Å². The van der Waals surface area contributed by atoms with Gasteiger partial charge in [0.2, 0.25) is 5.91 Å². The van der Waals surface area contributed by atoms with Gasteiger partial charge < -0.3 is 15.0 Å². The van der Waals surface area contributed by atoms with Crippen LogP contribution in [0.5, 0.6) is 5.75 Å². The Hall–Kier alpha value is -2.04. The number of fused-ring (bicyclic) bond motifs is 1. The van der Waals surface area contributed by atoms with Crippen LogP contribution in [0.25, 0.3) is 0 Å². The molecular weight excluding hydrogens is 232 g/mol. The molecule has 0 aromatic heterocycles. The maximum absolute atomic E-state index is 11.8. The van der Waals surface area contributed by atoms with Gasteiger partial charge in [-0.15, -0.1) is 0 Å². The second-order valence-corrected chi connectivity index (χ2v) is 5.05. The van der Waals surface area contributed by atoms with Crippen molar-refractivity contribution in [3.05, 3.63) is 23.8 Å². The molecule has 0 saturated carbocycles. The fourth-order valence-electron chi connectivity index (χ4n) is 1.81. The highest BCUT2D eigenvalue weighted by atomic mass is 16.6. The van der Waals surface area contributed by atoms with Gasteiger partial charge in [-0.3, -0.25) is 4.79 Å². The lowest BCUT2D eigenvalue weighted by molar-refractivity contribution is -0.119. The van der Waals surface area contributed by atoms with E-state index in [4.69, 9.17) is 4.74 Å². The zero-order valence-electron chi connectivity index (χ0n) is 10.9. The van der Waals surface area contributed by atoms with Crippen molar-refractivity contribution in [2.45, 2.75) is 19.3 Å². The third kappa shape index (κ3) is 1.92. The minimum Gasteiger partial charge on any atom is -0.410 e. The molecule has 2 rings (SSSR count). The van der Waals surface area contributed by atoms with Crippen LogP contribution in [-0.4, -0.2) is 31.0 Å². The number of carbonyl (C=O) groups is 2. The van der Waals surface area contributed by atoms with Gasteiger partial charge in [0.15, 0.2) is 0 Å². The molecule has 0 saturated heterocycles. The van der Waals surface area contributed by atoms with E-state index in [1.54, 1.807) is 32.3 Å². The summed E-state index contributed by atoms with van der Waals surface area (Å²) in [4.78, 5) is 24.6. The lowest BCUT2D eigenvalue weighted by Crippen LogP contribution is -2.27. The van der Waals surface area contributed by atoms with Crippen molar-refractivity contribution >= 4 is 17.7 Å². The molecule has 1 heterocycles. The molecule has 0 fully saturated rings. The van der Waals surface area contributed by atoms with Crippen molar-refractivity contribution in [3.8, 4) is 5.75 Å². The minimum absolute atomic E-state index is 0.0476. The topological polar surface area (TPSA) is 58.6 Å². The lowest BCUT2D eigenvalue weighted by atomic mass is 9.86. The van der Waals surface area contributed by atoms with Crippen LogP contribution in [0, 0.1) is 0 Å². The van der Waals surface area contributed by atoms with Gasteiger partial charge in [0.05, 0.1) is 5.41 Å². The molecule has 1 aromatic carbocycles. The molecule has 0 spiro atoms. The van der Waals surface area contributed by atoms with Gasteiger partial charge in [-0.1, -0.05) is 0 Å². The standard InChI is InChI=1S/C13H16N2O3/c1-13(2)9-7-8(18-12(17)15(3)4)5-6-10(9)14-11(13)16/h5-7H,1-4H3,(H,14,16). The van der Waals surface area contributed by atoms with Crippen molar-refractivity contribution in [2.24, 2.45) is 0 Å². The van der Waals surface area contributed by atoms with Gasteiger partial charge in [0.1, 0.15) is 5.75 Å². The van der Waals surface area contributed by atoms with E-state index in [9.17, 15) is 9.59 Å². The van der Waals surface area contributed by atoms with Gasteiger partial charge in [-0.25, -0.2) is 4.79 Å². The number of ether oxygens (including phenoxy) is 1. The summed E-state index contributed by atoms with van der Waals surface area (Å²) in [6.07, 6.45) is -0.440. The molecular formula is C13H16N2O3. The van der Waals surface area contributed by atoms with E-state index in [2.05, 4.69) is 5.32 Å². The molecule has 1 aromatic rings. The Morgan fingerprint density at radius 1 is 1.33 bits per heavy atom. The van der Waals surface area contributed by atoms with E-state index in [-0.39, 0.29) is 5.91 Å². The zero-order chi connectivity index (χ0) is 13.5. The van der Waals surface area contributed by atoms with E-state index < -0.39 is 11.5 Å². The molecule has 18 heavy (non-hydrogen) atoms. The smallest absolute Gasteiger partial charge is 0.410 e. The van der Waals surface area contributed by atoms with E-state index in [1.165, 1.54) is 4.90 Å². The lowest BCUT2D eigenvalue weighted by Gasteiger charge is -2.16. The molecule has 0 bridgehead atoms. The first kappa shape index (κ1) is 12.4. The molecule has 0 aliphatic carbocycles. The van der Waals surface area contributed by atoms with Gasteiger partial charge in [0, 0.05) is 19.8 Å². The number of hydrogen-bond donors (Lipinski definition) is 1. The molecule has 1 N–H and O–H groups in total. The van der Waals surface area contributed by atoms with Crippen LogP contribution in [0.3, 0.4) is 0 Å². The summed E-state index contributed by atoms with van der Waals surface area (Å²) in [6, 6.07) is 5.15. The molecule has 1 aliphatic heterocycles. The highest BCUT2D eigenvalue weighted by molar-refractivity contribution is 6.05. The van der Waals surface area contributed by atoms with Crippen molar-refractivity contribution in [2.75, 3.05) is 19.4 Å². The molecule has 96 valence electrons. The van der Waals surface area contributed by atoms with Gasteiger partial charge >= 0.3 is 6.09 Å². The average Bonchev–Trinajstić information content (AvgIpc) is 2.51. The van der Waals surface area contributed by atoms with Crippen LogP contribution in [0.1, 0.15) is 19.4 Å². The molecule has 0 radical (unpaired) electrons. The van der Waals surface area contributed by atoms with Crippen LogP contribution < -0.4 is 10.1 Å². The highest BCUT2D eigenvalue weighted by Gasteiger charge is 2.38. The molecule has 1 aliphatic rings. The molecule has 5 nitrogen and oxygen atoms in total. The summed E-state index contributed by atoms with van der Waals surface area (Å²) in [5.41, 5.74) is 1.02. The second-order valence-electron chi connectivity index (χ2n) is 5.05. The SMILES string of the molecule is CN(C)C(=O)Oc1ccc2c(c1)C(C)(C)C(=O)N2. The monoisotopic (exact) mass is 248 g/mol. The van der Waals surface area contributed by atoms with Gasteiger partial charge in [0.25, 0.3) is 0 Å². The summed E-state index contributed by atoms with van der Waals surface area (Å²) in [5.74, 6) is 0.394. The number of amides is 2. The van der Waals surface area contributed by atoms with Crippen LogP contribution >= 0.6 is 0 Å². The summed E-state index contributed by atoms with van der Waals surface area (Å²) >= 11 is 0. The Morgan fingerprint density at radius 2 is 2.00 bits per heavy atom. The molecule has 0 unspecified atom stereocenters. The maximum Gasteiger partial charge on any atom is 0.414 e. The largest absolute Gasteiger partial charge is 0.414 e. The van der Waals surface area contributed by atoms with Crippen molar-refractivity contribution in [3.63, 3.8) is 0 Å². The number of nitrogens with zero attached hydrogens (tertiary/aromatic N) is 1. The maximum atomic E-state index is 11.8. The van der Waals surface area contributed by atoms with Crippen molar-refractivity contribution in [1.82, 2.24) is 4.90 Å². The number of nitrogens with one attached hydrogen (secondary N) is 1. The third-order valence-electron chi connectivity index (χ3n) is 3.05. The van der Waals surface area contributed by atoms with E-state index in [0.29, 0.717) is 5.75 Å². The van der Waals surface area contributed by atoms with Gasteiger partial charge in [-0.2, -0.15) is 0 Å². The number of benzene rings is 1. The number of hydrogen-bond acceptors (Lipinski definition) is 3. The first-order valence-electron chi connectivity index (χ1n) is 5.67. The zero-order valence-corrected chi connectivity index (χ0v) is 10.9. The first-order chi connectivity index (χ1) is 8.32. The Bertz CT molecular complexity index is 521. The minimum atomic E-state index is -0.601. The summed E-state index contributed by atoms with van der Waals surface area (Å²) < 4.78 is 5.18. The number of rotatable bonds is 1. The van der Waals surface area contributed by atoms with E-state index >= 15 is 0 Å². The van der Waals surface area contributed by atoms with Crippen LogP contribution in [0.4, 0.5) is 10.5 Å². The predicted octanol–water partition coefficient (Wildman–Crippen LogP) is 1.98. The number of carbonyl (C=O) groups excluding carboxylic acids is 2. The Morgan fingerprint density at radius 3 is 2.61 bits per heavy atom. The van der Waals surface area contributed by atoms with Crippen LogP contribution in [-0.2, 0) is 10.2 Å². The molecule has 5 heteroatoms. The fourth-order valence-corrected chi connectivity index (χ4v) is 1.81. The normalized spacial score (nSPS) is 15.9. The number of anilines is 1. The Labute approximate surface area is 106 Å². The van der Waals surface area contributed by atoms with E-state index in [0.717, 1.165) is 11.3 Å². The Balaban J connectivity index is 2.32. The van der Waals surface area contributed by atoms with Crippen molar-refractivity contribution in [1.29, 1.82) is 0 Å². The van der Waals surface area contributed by atoms with Crippen LogP contribution in [0.15, 0.2) is 18.2 Å². The average molecular weight is 248 g/mol. The summed E-state index contributed by atoms with van der Waals surface area (Å²) in [7, 11) is 3.23. The van der Waals surface area contributed by atoms with Gasteiger partial charge in [-0.05, 0) is 37.6 Å². The predicted molar refractivity (Wildman–Crippen MR) is 67.8 cm³/mol. The summed E-state index contributed by atoms with van der Waals surface area (Å²) in [5, 5.41) is 2.80.